The molecule has 2 unspecified atom stereocenters. The fourth-order valence-corrected chi connectivity index (χ4v) is 4.77. The van der Waals surface area contributed by atoms with E-state index >= 15 is 0 Å². The van der Waals surface area contributed by atoms with Gasteiger partial charge in [0, 0.05) is 29.1 Å². The summed E-state index contributed by atoms with van der Waals surface area (Å²) in [4.78, 5) is 25.4. The highest BCUT2D eigenvalue weighted by Gasteiger charge is 2.31. The summed E-state index contributed by atoms with van der Waals surface area (Å²) in [5, 5.41) is 12.6. The topological polar surface area (TPSA) is 104 Å². The molecule has 0 aromatic heterocycles. The average Bonchev–Trinajstić information content (AvgIpc) is 2.87. The number of halogens is 2. The molecule has 3 aliphatic rings. The van der Waals surface area contributed by atoms with Gasteiger partial charge in [0.15, 0.2) is 6.10 Å². The number of hydrogen-bond acceptors (Lipinski definition) is 7. The number of rotatable bonds is 5. The zero-order valence-electron chi connectivity index (χ0n) is 19.0. The van der Waals surface area contributed by atoms with Gasteiger partial charge in [-0.25, -0.2) is 5.01 Å². The minimum Gasteiger partial charge on any atom is -0.485 e. The van der Waals surface area contributed by atoms with E-state index in [1.54, 1.807) is 24.3 Å². The predicted molar refractivity (Wildman–Crippen MR) is 134 cm³/mol. The third kappa shape index (κ3) is 5.69. The molecule has 35 heavy (non-hydrogen) atoms. The summed E-state index contributed by atoms with van der Waals surface area (Å²) in [5.41, 5.74) is 4.55. The maximum atomic E-state index is 12.7. The fourth-order valence-electron chi connectivity index (χ4n) is 4.43. The summed E-state index contributed by atoms with van der Waals surface area (Å²) in [7, 11) is 0. The van der Waals surface area contributed by atoms with Gasteiger partial charge in [0.05, 0.1) is 31.0 Å². The molecule has 2 aromatic carbocycles. The van der Waals surface area contributed by atoms with Gasteiger partial charge < -0.3 is 25.4 Å². The standard InChI is InChI=1S/C24H27Cl2N5O4/c25-15-1-3-20-18(9-15)27-11-17(34-20)12-29-23(32)14-5-7-31(8-6-14)30-24(33)22-13-28-19-10-16(26)2-4-21(19)35-22/h1-4,9-10,14,17,22,27-28H,5-8,11-13H2,(H,29,32)(H,30,33). The molecular weight excluding hydrogens is 493 g/mol. The van der Waals surface area contributed by atoms with E-state index in [9.17, 15) is 9.59 Å². The SMILES string of the molecule is O=C(NCC1CNc2cc(Cl)ccc2O1)C1CCN(NC(=O)C2CNc3cc(Cl)ccc3O2)CC1. The second-order valence-electron chi connectivity index (χ2n) is 8.87. The zero-order chi connectivity index (χ0) is 24.4. The molecule has 0 saturated carbocycles. The van der Waals surface area contributed by atoms with Crippen molar-refractivity contribution < 1.29 is 19.1 Å². The number of benzene rings is 2. The van der Waals surface area contributed by atoms with Crippen molar-refractivity contribution in [3.63, 3.8) is 0 Å². The van der Waals surface area contributed by atoms with E-state index in [1.807, 2.05) is 17.1 Å². The first-order valence-electron chi connectivity index (χ1n) is 11.7. The van der Waals surface area contributed by atoms with E-state index < -0.39 is 6.10 Å². The third-order valence-corrected chi connectivity index (χ3v) is 6.84. The minimum atomic E-state index is -0.644. The smallest absolute Gasteiger partial charge is 0.277 e. The molecule has 3 heterocycles. The number of amides is 2. The molecule has 4 N–H and O–H groups in total. The monoisotopic (exact) mass is 519 g/mol. The Morgan fingerprint density at radius 1 is 0.914 bits per heavy atom. The Hall–Kier alpha value is -2.88. The van der Waals surface area contributed by atoms with E-state index in [0.717, 1.165) is 17.1 Å². The molecule has 2 amide bonds. The number of ether oxygens (including phenoxy) is 2. The van der Waals surface area contributed by atoms with E-state index in [1.165, 1.54) is 0 Å². The Kier molecular flexibility index (Phi) is 7.08. The van der Waals surface area contributed by atoms with Crippen LogP contribution < -0.4 is 30.8 Å². The predicted octanol–water partition coefficient (Wildman–Crippen LogP) is 2.90. The molecule has 0 aliphatic carbocycles. The number of carbonyl (C=O) groups is 2. The van der Waals surface area contributed by atoms with Crippen LogP contribution in [0.3, 0.4) is 0 Å². The molecule has 2 atom stereocenters. The lowest BCUT2D eigenvalue weighted by Gasteiger charge is -2.34. The summed E-state index contributed by atoms with van der Waals surface area (Å²) in [6.45, 7) is 2.54. The lowest BCUT2D eigenvalue weighted by atomic mass is 9.96. The van der Waals surface area contributed by atoms with Gasteiger partial charge in [0.25, 0.3) is 5.91 Å². The molecule has 3 aliphatic heterocycles. The van der Waals surface area contributed by atoms with E-state index in [2.05, 4.69) is 21.4 Å². The highest BCUT2D eigenvalue weighted by Crippen LogP contribution is 2.32. The molecule has 0 bridgehead atoms. The number of anilines is 2. The molecule has 9 nitrogen and oxygen atoms in total. The van der Waals surface area contributed by atoms with Crippen molar-refractivity contribution in [1.82, 2.24) is 15.8 Å². The average molecular weight is 520 g/mol. The van der Waals surface area contributed by atoms with E-state index in [0.29, 0.717) is 61.4 Å². The first-order valence-corrected chi connectivity index (χ1v) is 12.4. The van der Waals surface area contributed by atoms with Gasteiger partial charge in [-0.3, -0.25) is 15.0 Å². The van der Waals surface area contributed by atoms with Crippen LogP contribution in [0.25, 0.3) is 0 Å². The maximum Gasteiger partial charge on any atom is 0.277 e. The Balaban J connectivity index is 1.04. The number of piperidine rings is 1. The highest BCUT2D eigenvalue weighted by molar-refractivity contribution is 6.31. The van der Waals surface area contributed by atoms with Gasteiger partial charge >= 0.3 is 0 Å². The second-order valence-corrected chi connectivity index (χ2v) is 9.74. The Morgan fingerprint density at radius 3 is 2.23 bits per heavy atom. The zero-order valence-corrected chi connectivity index (χ0v) is 20.5. The Morgan fingerprint density at radius 2 is 1.54 bits per heavy atom. The number of hydrazine groups is 1. The van der Waals surface area contributed by atoms with E-state index in [-0.39, 0.29) is 23.8 Å². The van der Waals surface area contributed by atoms with Crippen LogP contribution in [0.4, 0.5) is 11.4 Å². The first kappa shape index (κ1) is 23.8. The van der Waals surface area contributed by atoms with Crippen LogP contribution in [0, 0.1) is 5.92 Å². The summed E-state index contributed by atoms with van der Waals surface area (Å²) >= 11 is 12.0. The molecular formula is C24H27Cl2N5O4. The number of fused-ring (bicyclic) bond motifs is 2. The lowest BCUT2D eigenvalue weighted by molar-refractivity contribution is -0.134. The van der Waals surface area contributed by atoms with Gasteiger partial charge in [0.1, 0.15) is 17.6 Å². The number of carbonyl (C=O) groups excluding carboxylic acids is 2. The molecule has 186 valence electrons. The number of hydrogen-bond donors (Lipinski definition) is 4. The molecule has 1 saturated heterocycles. The van der Waals surface area contributed by atoms with Crippen molar-refractivity contribution in [1.29, 1.82) is 0 Å². The summed E-state index contributed by atoms with van der Waals surface area (Å²) in [6.07, 6.45) is 0.511. The Bertz CT molecular complexity index is 1110. The van der Waals surface area contributed by atoms with Crippen LogP contribution in [-0.4, -0.2) is 61.8 Å². The van der Waals surface area contributed by atoms with Crippen LogP contribution in [0.1, 0.15) is 12.8 Å². The first-order chi connectivity index (χ1) is 16.9. The van der Waals surface area contributed by atoms with Gasteiger partial charge in [-0.2, -0.15) is 0 Å². The molecule has 2 aromatic rings. The van der Waals surface area contributed by atoms with Gasteiger partial charge in [-0.1, -0.05) is 23.2 Å². The van der Waals surface area contributed by atoms with Crippen molar-refractivity contribution in [3.8, 4) is 11.5 Å². The summed E-state index contributed by atoms with van der Waals surface area (Å²) < 4.78 is 11.8. The Labute approximate surface area is 213 Å². The van der Waals surface area contributed by atoms with Crippen LogP contribution in [0.2, 0.25) is 10.0 Å². The molecule has 5 rings (SSSR count). The normalized spacial score (nSPS) is 21.8. The van der Waals surface area contributed by atoms with Gasteiger partial charge in [0.2, 0.25) is 5.91 Å². The molecule has 1 fully saturated rings. The van der Waals surface area contributed by atoms with Gasteiger partial charge in [-0.05, 0) is 49.2 Å². The second kappa shape index (κ2) is 10.4. The van der Waals surface area contributed by atoms with Crippen molar-refractivity contribution in [2.45, 2.75) is 25.0 Å². The van der Waals surface area contributed by atoms with Crippen LogP contribution >= 0.6 is 23.2 Å². The van der Waals surface area contributed by atoms with Crippen molar-refractivity contribution in [3.05, 3.63) is 46.4 Å². The van der Waals surface area contributed by atoms with Gasteiger partial charge in [-0.15, -0.1) is 0 Å². The fraction of sp³-hybridized carbons (Fsp3) is 0.417. The van der Waals surface area contributed by atoms with Crippen LogP contribution in [-0.2, 0) is 9.59 Å². The minimum absolute atomic E-state index is 0.0107. The van der Waals surface area contributed by atoms with Crippen LogP contribution in [0.15, 0.2) is 36.4 Å². The van der Waals surface area contributed by atoms with Crippen molar-refractivity contribution >= 4 is 46.4 Å². The molecule has 0 spiro atoms. The summed E-state index contributed by atoms with van der Waals surface area (Å²) in [6, 6.07) is 10.7. The van der Waals surface area contributed by atoms with Crippen LogP contribution in [0.5, 0.6) is 11.5 Å². The maximum absolute atomic E-state index is 12.7. The number of nitrogens with one attached hydrogen (secondary N) is 4. The quantitative estimate of drug-likeness (QED) is 0.481. The molecule has 11 heteroatoms. The van der Waals surface area contributed by atoms with E-state index in [4.69, 9.17) is 32.7 Å². The number of nitrogens with zero attached hydrogens (tertiary/aromatic N) is 1. The van der Waals surface area contributed by atoms with Crippen molar-refractivity contribution in [2.24, 2.45) is 5.92 Å². The third-order valence-electron chi connectivity index (χ3n) is 6.37. The lowest BCUT2D eigenvalue weighted by Crippen LogP contribution is -2.54. The van der Waals surface area contributed by atoms with Crippen molar-refractivity contribution in [2.75, 3.05) is 43.4 Å². The molecule has 0 radical (unpaired) electrons. The largest absolute Gasteiger partial charge is 0.485 e. The summed E-state index contributed by atoms with van der Waals surface area (Å²) in [5.74, 6) is 1.02. The highest BCUT2D eigenvalue weighted by atomic mass is 35.5.